The van der Waals surface area contributed by atoms with Crippen LogP contribution in [0.25, 0.3) is 11.1 Å². The molecule has 2 aliphatic rings. The predicted molar refractivity (Wildman–Crippen MR) is 139 cm³/mol. The molecule has 0 aromatic carbocycles. The molecule has 12 heteroatoms. The van der Waals surface area contributed by atoms with Crippen LogP contribution < -0.4 is 16.0 Å². The zero-order valence-corrected chi connectivity index (χ0v) is 21.8. The molecule has 3 heterocycles. The number of anilines is 2. The average molecular weight is 562 g/mol. The van der Waals surface area contributed by atoms with Crippen LogP contribution in [0.1, 0.15) is 38.5 Å². The maximum Gasteiger partial charge on any atom is 0.415 e. The Morgan fingerprint density at radius 3 is 2.38 bits per heavy atom. The molecule has 0 spiro atoms. The van der Waals surface area contributed by atoms with Crippen molar-refractivity contribution in [1.82, 2.24) is 15.3 Å². The number of hydrogen-bond acceptors (Lipinski definition) is 7. The van der Waals surface area contributed by atoms with Gasteiger partial charge in [0.05, 0.1) is 16.9 Å². The van der Waals surface area contributed by atoms with Gasteiger partial charge < -0.3 is 25.8 Å². The van der Waals surface area contributed by atoms with E-state index in [1.807, 2.05) is 12.1 Å². The molecule has 0 amide bonds. The average Bonchev–Trinajstić information content (AvgIpc) is 2.89. The van der Waals surface area contributed by atoms with Crippen molar-refractivity contribution in [3.05, 3.63) is 34.7 Å². The van der Waals surface area contributed by atoms with E-state index in [1.54, 1.807) is 12.4 Å². The minimum Gasteiger partial charge on any atom is -0.384 e. The first-order valence-electron chi connectivity index (χ1n) is 12.6. The maximum absolute atomic E-state index is 12.5. The van der Waals surface area contributed by atoms with Gasteiger partial charge in [-0.1, -0.05) is 23.2 Å². The molecule has 4 rings (SSSR count). The van der Waals surface area contributed by atoms with Gasteiger partial charge in [0.2, 0.25) is 0 Å². The van der Waals surface area contributed by atoms with Crippen molar-refractivity contribution in [2.45, 2.75) is 62.9 Å². The quantitative estimate of drug-likeness (QED) is 0.299. The summed E-state index contributed by atoms with van der Waals surface area (Å²) < 4.78 is 43.0. The van der Waals surface area contributed by atoms with Crippen LogP contribution in [-0.2, 0) is 4.74 Å². The summed E-state index contributed by atoms with van der Waals surface area (Å²) in [6.07, 6.45) is 1.28. The Hall–Kier alpha value is -1.85. The van der Waals surface area contributed by atoms with Crippen molar-refractivity contribution in [3.8, 4) is 11.1 Å². The van der Waals surface area contributed by atoms with Gasteiger partial charge >= 0.3 is 6.18 Å². The van der Waals surface area contributed by atoms with E-state index in [2.05, 4.69) is 25.9 Å². The maximum atomic E-state index is 12.5. The summed E-state index contributed by atoms with van der Waals surface area (Å²) in [4.78, 5) is 8.75. The predicted octanol–water partition coefficient (Wildman–Crippen LogP) is 5.52. The van der Waals surface area contributed by atoms with Crippen molar-refractivity contribution in [1.29, 1.82) is 0 Å². The highest BCUT2D eigenvalue weighted by Crippen LogP contribution is 2.35. The summed E-state index contributed by atoms with van der Waals surface area (Å²) in [6.45, 7) is 1.91. The van der Waals surface area contributed by atoms with Crippen LogP contribution >= 0.6 is 23.2 Å². The molecular weight excluding hydrogens is 530 g/mol. The molecule has 1 aliphatic heterocycles. The summed E-state index contributed by atoms with van der Waals surface area (Å²) in [6, 6.07) is 3.84. The van der Waals surface area contributed by atoms with Crippen LogP contribution in [0, 0.1) is 5.92 Å². The Morgan fingerprint density at radius 1 is 0.973 bits per heavy atom. The summed E-state index contributed by atoms with van der Waals surface area (Å²) in [5.41, 5.74) is 2.27. The van der Waals surface area contributed by atoms with E-state index in [0.29, 0.717) is 45.9 Å². The van der Waals surface area contributed by atoms with Crippen molar-refractivity contribution < 1.29 is 23.0 Å². The van der Waals surface area contributed by atoms with E-state index < -0.39 is 18.8 Å². The van der Waals surface area contributed by atoms with Crippen molar-refractivity contribution in [2.75, 3.05) is 36.9 Å². The lowest BCUT2D eigenvalue weighted by Crippen LogP contribution is -2.44. The number of aliphatic hydroxyl groups excluding tert-OH is 1. The third-order valence-corrected chi connectivity index (χ3v) is 7.58. The van der Waals surface area contributed by atoms with Gasteiger partial charge in [0.15, 0.2) is 6.10 Å². The third-order valence-electron chi connectivity index (χ3n) is 6.98. The molecule has 0 radical (unpaired) electrons. The van der Waals surface area contributed by atoms with E-state index in [1.165, 1.54) is 0 Å². The fraction of sp³-hybridized carbons (Fsp3) is 0.600. The second kappa shape index (κ2) is 12.8. The van der Waals surface area contributed by atoms with Crippen molar-refractivity contribution in [3.63, 3.8) is 0 Å². The van der Waals surface area contributed by atoms with E-state index in [9.17, 15) is 18.3 Å². The van der Waals surface area contributed by atoms with Crippen molar-refractivity contribution in [2.24, 2.45) is 5.92 Å². The number of halogens is 5. The van der Waals surface area contributed by atoms with Crippen LogP contribution in [0.2, 0.25) is 10.2 Å². The lowest BCUT2D eigenvalue weighted by molar-refractivity contribution is -0.202. The Balaban J connectivity index is 1.35. The zero-order valence-electron chi connectivity index (χ0n) is 20.3. The van der Waals surface area contributed by atoms with E-state index in [-0.39, 0.29) is 12.1 Å². The number of pyridine rings is 2. The molecule has 2 fully saturated rings. The topological polar surface area (TPSA) is 91.3 Å². The molecule has 2 aromatic heterocycles. The highest BCUT2D eigenvalue weighted by molar-refractivity contribution is 6.36. The first kappa shape index (κ1) is 28.2. The van der Waals surface area contributed by atoms with Crippen LogP contribution in [0.5, 0.6) is 0 Å². The minimum absolute atomic E-state index is 0.0648. The summed E-state index contributed by atoms with van der Waals surface area (Å²) in [7, 11) is 0. The van der Waals surface area contributed by atoms with Gasteiger partial charge in [-0.25, -0.2) is 9.97 Å². The summed E-state index contributed by atoms with van der Waals surface area (Å²) in [5, 5.41) is 19.7. The first-order chi connectivity index (χ1) is 17.7. The third kappa shape index (κ3) is 8.07. The first-order valence-corrected chi connectivity index (χ1v) is 13.3. The van der Waals surface area contributed by atoms with Crippen LogP contribution in [0.3, 0.4) is 0 Å². The number of nitrogens with one attached hydrogen (secondary N) is 3. The molecule has 7 nitrogen and oxygen atoms in total. The minimum atomic E-state index is -4.61. The Morgan fingerprint density at radius 2 is 1.68 bits per heavy atom. The van der Waals surface area contributed by atoms with Gasteiger partial charge in [0, 0.05) is 55.7 Å². The molecule has 37 heavy (non-hydrogen) atoms. The number of aliphatic hydroxyl groups is 1. The second-order valence-electron chi connectivity index (χ2n) is 9.71. The number of nitrogens with zero attached hydrogens (tertiary/aromatic N) is 2. The largest absolute Gasteiger partial charge is 0.415 e. The number of ether oxygens (including phenoxy) is 1. The smallest absolute Gasteiger partial charge is 0.384 e. The second-order valence-corrected chi connectivity index (χ2v) is 10.5. The monoisotopic (exact) mass is 561 g/mol. The van der Waals surface area contributed by atoms with Crippen LogP contribution in [0.4, 0.5) is 24.7 Å². The van der Waals surface area contributed by atoms with Crippen LogP contribution in [-0.4, -0.2) is 65.7 Å². The molecule has 4 N–H and O–H groups in total. The highest BCUT2D eigenvalue weighted by Gasteiger charge is 2.38. The SMILES string of the molecule is O[C@H](CNC1CCC(Nc2cc(-c3cc(NCC4CCOCC4)cnc3Cl)c(Cl)cn2)CC1)C(F)(F)F. The van der Waals surface area contributed by atoms with Crippen molar-refractivity contribution >= 4 is 34.7 Å². The number of hydrogen-bond donors (Lipinski definition) is 4. The molecule has 2 aromatic rings. The molecule has 1 saturated carbocycles. The van der Waals surface area contributed by atoms with Gasteiger partial charge in [-0.2, -0.15) is 13.2 Å². The normalized spacial score (nSPS) is 22.0. The molecule has 204 valence electrons. The van der Waals surface area contributed by atoms with Gasteiger partial charge in [0.1, 0.15) is 11.0 Å². The Bertz CT molecular complexity index is 1030. The lowest BCUT2D eigenvalue weighted by Gasteiger charge is -2.31. The fourth-order valence-electron chi connectivity index (χ4n) is 4.72. The molecule has 1 aliphatic carbocycles. The molecular formula is C25H32Cl2F3N5O2. The highest BCUT2D eigenvalue weighted by atomic mass is 35.5. The molecule has 0 bridgehead atoms. The lowest BCUT2D eigenvalue weighted by atomic mass is 9.91. The molecule has 1 atom stereocenters. The summed E-state index contributed by atoms with van der Waals surface area (Å²) >= 11 is 12.9. The summed E-state index contributed by atoms with van der Waals surface area (Å²) in [5.74, 6) is 1.19. The Labute approximate surface area is 224 Å². The zero-order chi connectivity index (χ0) is 26.4. The van der Waals surface area contributed by atoms with Gasteiger partial charge in [-0.15, -0.1) is 0 Å². The number of aromatic nitrogens is 2. The van der Waals surface area contributed by atoms with E-state index >= 15 is 0 Å². The molecule has 1 saturated heterocycles. The van der Waals surface area contributed by atoms with E-state index in [0.717, 1.165) is 51.1 Å². The number of alkyl halides is 3. The standard InChI is InChI=1S/C25H32Cl2F3N5O2/c26-21-13-33-23(35-17-3-1-16(2-4-17)32-14-22(36)25(28,29)30)10-19(21)20-9-18(12-34-24(20)27)31-11-15-5-7-37-8-6-15/h9-10,12-13,15-17,22,31-32,36H,1-8,11,14H2,(H,33,35)/t16?,17?,22-/m1/s1. The Kier molecular flexibility index (Phi) is 9.74. The fourth-order valence-corrected chi connectivity index (χ4v) is 5.13. The van der Waals surface area contributed by atoms with Crippen LogP contribution in [0.15, 0.2) is 24.5 Å². The number of rotatable bonds is 9. The van der Waals surface area contributed by atoms with Gasteiger partial charge in [-0.3, -0.25) is 0 Å². The van der Waals surface area contributed by atoms with Gasteiger partial charge in [0.25, 0.3) is 0 Å². The van der Waals surface area contributed by atoms with Gasteiger partial charge in [-0.05, 0) is 56.6 Å². The van der Waals surface area contributed by atoms with E-state index in [4.69, 9.17) is 27.9 Å². The molecule has 0 unspecified atom stereocenters.